The Labute approximate surface area is 180 Å². The second-order valence-electron chi connectivity index (χ2n) is 8.98. The Hall–Kier alpha value is -1.77. The van der Waals surface area contributed by atoms with Gasteiger partial charge in [0.05, 0.1) is 5.39 Å². The predicted octanol–water partition coefficient (Wildman–Crippen LogP) is 2.74. The van der Waals surface area contributed by atoms with E-state index >= 15 is 0 Å². The van der Waals surface area contributed by atoms with E-state index in [0.29, 0.717) is 18.3 Å². The number of amides is 1. The van der Waals surface area contributed by atoms with Crippen LogP contribution in [-0.4, -0.2) is 57.2 Å². The lowest BCUT2D eigenvalue weighted by Gasteiger charge is -2.34. The summed E-state index contributed by atoms with van der Waals surface area (Å²) in [7, 11) is 0. The van der Waals surface area contributed by atoms with Crippen molar-refractivity contribution in [3.05, 3.63) is 16.8 Å². The average molecular weight is 431 g/mol. The van der Waals surface area contributed by atoms with Gasteiger partial charge in [-0.05, 0) is 82.4 Å². The molecule has 3 N–H and O–H groups in total. The van der Waals surface area contributed by atoms with Crippen LogP contribution < -0.4 is 10.5 Å². The lowest BCUT2D eigenvalue weighted by atomic mass is 9.92. The number of thiophene rings is 1. The summed E-state index contributed by atoms with van der Waals surface area (Å²) in [4.78, 5) is 25.2. The van der Waals surface area contributed by atoms with Gasteiger partial charge in [-0.2, -0.15) is 0 Å². The van der Waals surface area contributed by atoms with Gasteiger partial charge >= 0.3 is 0 Å². The number of nitrogens with two attached hydrogens (primary N) is 1. The number of rotatable bonds is 6. The Morgan fingerprint density at radius 2 is 2.00 bits per heavy atom. The Morgan fingerprint density at radius 1 is 1.23 bits per heavy atom. The van der Waals surface area contributed by atoms with Crippen molar-refractivity contribution < 1.29 is 14.6 Å². The van der Waals surface area contributed by atoms with Crippen molar-refractivity contribution in [3.63, 3.8) is 0 Å². The molecule has 1 aliphatic heterocycles. The molecule has 2 aliphatic carbocycles. The molecule has 0 radical (unpaired) electrons. The van der Waals surface area contributed by atoms with Gasteiger partial charge in [0.15, 0.2) is 0 Å². The fourth-order valence-corrected chi connectivity index (χ4v) is 6.78. The molecule has 3 heterocycles. The van der Waals surface area contributed by atoms with Crippen LogP contribution in [0.1, 0.15) is 67.7 Å². The molecule has 2 fully saturated rings. The molecule has 30 heavy (non-hydrogen) atoms. The quantitative estimate of drug-likeness (QED) is 0.731. The van der Waals surface area contributed by atoms with Crippen molar-refractivity contribution >= 4 is 27.5 Å². The van der Waals surface area contributed by atoms with E-state index in [1.807, 2.05) is 0 Å². The monoisotopic (exact) mass is 430 g/mol. The SMILES string of the molecule is NC(=O)[C@H](O)C[C@H]1CCc2sc3ncnc(OC4CCC(N5CCCC5)CC4)c3c21. The third-order valence-corrected chi connectivity index (χ3v) is 8.28. The van der Waals surface area contributed by atoms with Crippen molar-refractivity contribution in [2.45, 2.75) is 82.0 Å². The smallest absolute Gasteiger partial charge is 0.246 e. The summed E-state index contributed by atoms with van der Waals surface area (Å²) >= 11 is 1.68. The lowest BCUT2D eigenvalue weighted by Crippen LogP contribution is -2.38. The standard InChI is InChI=1S/C22H30N4O3S/c23-20(28)16(27)11-13-3-8-17-18(13)19-21(24-12-25-22(19)30-17)29-15-6-4-14(5-7-15)26-9-1-2-10-26/h12-16,27H,1-11H2,(H2,23,28)/t13-,14?,15?,16-/m1/s1. The molecule has 0 aromatic carbocycles. The molecule has 0 bridgehead atoms. The molecule has 1 saturated heterocycles. The van der Waals surface area contributed by atoms with E-state index in [4.69, 9.17) is 10.5 Å². The normalized spacial score (nSPS) is 28.0. The summed E-state index contributed by atoms with van der Waals surface area (Å²) in [5.74, 6) is 0.101. The molecule has 1 amide bonds. The number of likely N-dealkylation sites (tertiary alicyclic amines) is 1. The highest BCUT2D eigenvalue weighted by Gasteiger charge is 2.34. The molecular formula is C22H30N4O3S. The zero-order valence-corrected chi connectivity index (χ0v) is 18.1. The highest BCUT2D eigenvalue weighted by Crippen LogP contribution is 2.47. The van der Waals surface area contributed by atoms with Gasteiger partial charge in [0.1, 0.15) is 23.4 Å². The summed E-state index contributed by atoms with van der Waals surface area (Å²) in [6, 6.07) is 0.711. The van der Waals surface area contributed by atoms with Crippen LogP contribution >= 0.6 is 11.3 Å². The Balaban J connectivity index is 1.34. The van der Waals surface area contributed by atoms with Crippen LogP contribution in [0.3, 0.4) is 0 Å². The number of carbonyl (C=O) groups excluding carboxylic acids is 1. The van der Waals surface area contributed by atoms with Crippen molar-refractivity contribution in [1.29, 1.82) is 0 Å². The van der Waals surface area contributed by atoms with E-state index in [9.17, 15) is 9.90 Å². The van der Waals surface area contributed by atoms with Gasteiger partial charge in [-0.3, -0.25) is 4.79 Å². The van der Waals surface area contributed by atoms with Gasteiger partial charge in [-0.15, -0.1) is 11.3 Å². The number of hydrogen-bond donors (Lipinski definition) is 2. The first kappa shape index (κ1) is 20.2. The lowest BCUT2D eigenvalue weighted by molar-refractivity contribution is -0.126. The Morgan fingerprint density at radius 3 is 2.73 bits per heavy atom. The van der Waals surface area contributed by atoms with E-state index in [0.717, 1.165) is 41.5 Å². The fraction of sp³-hybridized carbons (Fsp3) is 0.682. The molecular weight excluding hydrogens is 400 g/mol. The molecule has 0 spiro atoms. The molecule has 5 rings (SSSR count). The van der Waals surface area contributed by atoms with Crippen LogP contribution in [0, 0.1) is 0 Å². The molecule has 162 valence electrons. The summed E-state index contributed by atoms with van der Waals surface area (Å²) in [6.45, 7) is 2.50. The number of primary amides is 1. The highest BCUT2D eigenvalue weighted by atomic mass is 32.1. The van der Waals surface area contributed by atoms with Gasteiger partial charge in [-0.1, -0.05) is 0 Å². The van der Waals surface area contributed by atoms with Crippen LogP contribution in [0.2, 0.25) is 0 Å². The number of aliphatic hydroxyl groups is 1. The summed E-state index contributed by atoms with van der Waals surface area (Å²) in [6.07, 6.45) is 10.0. The van der Waals surface area contributed by atoms with Gasteiger partial charge < -0.3 is 20.5 Å². The molecule has 3 aliphatic rings. The zero-order chi connectivity index (χ0) is 20.7. The van der Waals surface area contributed by atoms with Crippen molar-refractivity contribution in [2.24, 2.45) is 5.73 Å². The van der Waals surface area contributed by atoms with Crippen molar-refractivity contribution in [3.8, 4) is 5.88 Å². The Kier molecular flexibility index (Phi) is 5.64. The van der Waals surface area contributed by atoms with E-state index in [-0.39, 0.29) is 12.0 Å². The summed E-state index contributed by atoms with van der Waals surface area (Å²) in [5, 5.41) is 11.0. The first-order chi connectivity index (χ1) is 14.6. The number of carbonyl (C=O) groups is 1. The number of aryl methyl sites for hydroxylation is 1. The number of hydrogen-bond acceptors (Lipinski definition) is 7. The van der Waals surface area contributed by atoms with Gasteiger partial charge in [0, 0.05) is 10.9 Å². The molecule has 2 aromatic rings. The minimum Gasteiger partial charge on any atom is -0.474 e. The van der Waals surface area contributed by atoms with Crippen LogP contribution in [-0.2, 0) is 11.2 Å². The fourth-order valence-electron chi connectivity index (χ4n) is 5.54. The topological polar surface area (TPSA) is 102 Å². The van der Waals surface area contributed by atoms with Gasteiger partial charge in [-0.25, -0.2) is 9.97 Å². The highest BCUT2D eigenvalue weighted by molar-refractivity contribution is 7.19. The molecule has 0 unspecified atom stereocenters. The molecule has 7 nitrogen and oxygen atoms in total. The number of ether oxygens (including phenoxy) is 1. The number of aliphatic hydroxyl groups excluding tert-OH is 1. The van der Waals surface area contributed by atoms with E-state index in [2.05, 4.69) is 14.9 Å². The first-order valence-electron chi connectivity index (χ1n) is 11.2. The predicted molar refractivity (Wildman–Crippen MR) is 116 cm³/mol. The minimum absolute atomic E-state index is 0.0931. The largest absolute Gasteiger partial charge is 0.474 e. The van der Waals surface area contributed by atoms with Crippen molar-refractivity contribution in [2.75, 3.05) is 13.1 Å². The van der Waals surface area contributed by atoms with Crippen LogP contribution in [0.25, 0.3) is 10.2 Å². The zero-order valence-electron chi connectivity index (χ0n) is 17.3. The van der Waals surface area contributed by atoms with Crippen LogP contribution in [0.15, 0.2) is 6.33 Å². The van der Waals surface area contributed by atoms with Crippen molar-refractivity contribution in [1.82, 2.24) is 14.9 Å². The van der Waals surface area contributed by atoms with E-state index < -0.39 is 12.0 Å². The maximum Gasteiger partial charge on any atom is 0.246 e. The summed E-state index contributed by atoms with van der Waals surface area (Å²) in [5.41, 5.74) is 6.46. The van der Waals surface area contributed by atoms with E-state index in [1.54, 1.807) is 17.7 Å². The number of aromatic nitrogens is 2. The maximum absolute atomic E-state index is 11.4. The average Bonchev–Trinajstić information content (AvgIpc) is 3.46. The number of nitrogens with zero attached hydrogens (tertiary/aromatic N) is 3. The Bertz CT molecular complexity index is 918. The second-order valence-corrected chi connectivity index (χ2v) is 10.1. The second kappa shape index (κ2) is 8.40. The van der Waals surface area contributed by atoms with Crippen LogP contribution in [0.4, 0.5) is 0 Å². The third-order valence-electron chi connectivity index (χ3n) is 7.11. The maximum atomic E-state index is 11.4. The van der Waals surface area contributed by atoms with Gasteiger partial charge in [0.25, 0.3) is 0 Å². The number of fused-ring (bicyclic) bond motifs is 3. The van der Waals surface area contributed by atoms with E-state index in [1.165, 1.54) is 43.6 Å². The third kappa shape index (κ3) is 3.81. The minimum atomic E-state index is -1.12. The first-order valence-corrected chi connectivity index (χ1v) is 12.1. The molecule has 2 aromatic heterocycles. The van der Waals surface area contributed by atoms with Gasteiger partial charge in [0.2, 0.25) is 11.8 Å². The summed E-state index contributed by atoms with van der Waals surface area (Å²) < 4.78 is 6.45. The van der Waals surface area contributed by atoms with Crippen LogP contribution in [0.5, 0.6) is 5.88 Å². The molecule has 1 saturated carbocycles. The molecule has 8 heteroatoms. The molecule has 2 atom stereocenters.